The summed E-state index contributed by atoms with van der Waals surface area (Å²) in [5.41, 5.74) is 0.734. The van der Waals surface area contributed by atoms with Gasteiger partial charge >= 0.3 is 11.9 Å². The maximum Gasteiger partial charge on any atom is 0.343 e. The Hall–Kier alpha value is -2.30. The highest BCUT2D eigenvalue weighted by atomic mass is 16.6. The number of hydrogen-bond donors (Lipinski definition) is 1. The second kappa shape index (κ2) is 6.32. The molecule has 0 aromatic heterocycles. The lowest BCUT2D eigenvalue weighted by Crippen LogP contribution is -2.12. The summed E-state index contributed by atoms with van der Waals surface area (Å²) in [6.07, 6.45) is 2.51. The second-order valence-corrected chi connectivity index (χ2v) is 3.11. The molecule has 0 fully saturated rings. The number of aliphatic carboxylic acids is 1. The van der Waals surface area contributed by atoms with E-state index in [4.69, 9.17) is 9.84 Å². The first-order valence-electron chi connectivity index (χ1n) is 4.82. The number of carbonyl (C=O) groups excluding carboxylic acids is 1. The van der Waals surface area contributed by atoms with Crippen LogP contribution < -0.4 is 4.74 Å². The molecular weight excluding hydrogens is 224 g/mol. The third kappa shape index (κ3) is 4.83. The number of carboxylic acids is 1. The van der Waals surface area contributed by atoms with E-state index in [1.54, 1.807) is 24.3 Å². The van der Waals surface area contributed by atoms with Gasteiger partial charge in [-0.1, -0.05) is 12.1 Å². The molecule has 0 aliphatic rings. The lowest BCUT2D eigenvalue weighted by Gasteiger charge is -2.04. The Kier molecular flexibility index (Phi) is 4.75. The molecule has 5 nitrogen and oxygen atoms in total. The van der Waals surface area contributed by atoms with Crippen LogP contribution in [-0.4, -0.2) is 30.8 Å². The Morgan fingerprint density at radius 3 is 2.47 bits per heavy atom. The molecule has 17 heavy (non-hydrogen) atoms. The minimum Gasteiger partial charge on any atom is -0.482 e. The van der Waals surface area contributed by atoms with Crippen LogP contribution in [0.3, 0.4) is 0 Å². The van der Waals surface area contributed by atoms with E-state index in [1.165, 1.54) is 13.2 Å². The SMILES string of the molecule is COC(=O)COc1ccc(/C=C/C(=O)O)cc1. The normalized spacial score (nSPS) is 10.2. The molecule has 0 atom stereocenters. The Bertz CT molecular complexity index is 419. The van der Waals surface area contributed by atoms with Crippen molar-refractivity contribution in [3.8, 4) is 5.75 Å². The summed E-state index contributed by atoms with van der Waals surface area (Å²) in [5.74, 6) is -0.946. The van der Waals surface area contributed by atoms with Gasteiger partial charge in [0.1, 0.15) is 5.75 Å². The number of hydrogen-bond acceptors (Lipinski definition) is 4. The predicted octanol–water partition coefficient (Wildman–Crippen LogP) is 1.34. The molecule has 0 heterocycles. The van der Waals surface area contributed by atoms with E-state index in [2.05, 4.69) is 4.74 Å². The molecule has 0 saturated carbocycles. The summed E-state index contributed by atoms with van der Waals surface area (Å²) in [6.45, 7) is -0.152. The van der Waals surface area contributed by atoms with Crippen LogP contribution >= 0.6 is 0 Å². The van der Waals surface area contributed by atoms with Crippen molar-refractivity contribution in [2.75, 3.05) is 13.7 Å². The first-order chi connectivity index (χ1) is 8.11. The monoisotopic (exact) mass is 236 g/mol. The van der Waals surface area contributed by atoms with Crippen molar-refractivity contribution in [1.82, 2.24) is 0 Å². The van der Waals surface area contributed by atoms with Gasteiger partial charge in [0.15, 0.2) is 6.61 Å². The fraction of sp³-hybridized carbons (Fsp3) is 0.167. The fourth-order valence-corrected chi connectivity index (χ4v) is 1.04. The minimum absolute atomic E-state index is 0.152. The van der Waals surface area contributed by atoms with Crippen LogP contribution in [0.4, 0.5) is 0 Å². The summed E-state index contributed by atoms with van der Waals surface area (Å²) in [7, 11) is 1.28. The Labute approximate surface area is 98.3 Å². The van der Waals surface area contributed by atoms with Gasteiger partial charge in [0.05, 0.1) is 7.11 Å². The lowest BCUT2D eigenvalue weighted by molar-refractivity contribution is -0.143. The highest BCUT2D eigenvalue weighted by molar-refractivity contribution is 5.85. The highest BCUT2D eigenvalue weighted by Crippen LogP contribution is 2.13. The van der Waals surface area contributed by atoms with Gasteiger partial charge in [-0.05, 0) is 23.8 Å². The molecule has 0 spiro atoms. The van der Waals surface area contributed by atoms with Gasteiger partial charge in [0.2, 0.25) is 0 Å². The number of rotatable bonds is 5. The summed E-state index contributed by atoms with van der Waals surface area (Å²) in [6, 6.07) is 6.66. The Morgan fingerprint density at radius 1 is 1.29 bits per heavy atom. The van der Waals surface area contributed by atoms with Crippen LogP contribution in [-0.2, 0) is 14.3 Å². The maximum absolute atomic E-state index is 10.8. The molecule has 0 bridgehead atoms. The standard InChI is InChI=1S/C12H12O5/c1-16-12(15)8-17-10-5-2-9(3-6-10)4-7-11(13)14/h2-7H,8H2,1H3,(H,13,14)/b7-4+. The summed E-state index contributed by atoms with van der Waals surface area (Å²) in [5, 5.41) is 8.44. The summed E-state index contributed by atoms with van der Waals surface area (Å²) >= 11 is 0. The van der Waals surface area contributed by atoms with E-state index in [1.807, 2.05) is 0 Å². The highest BCUT2D eigenvalue weighted by Gasteiger charge is 2.01. The van der Waals surface area contributed by atoms with Crippen LogP contribution in [0, 0.1) is 0 Å². The number of carbonyl (C=O) groups is 2. The molecule has 0 aliphatic carbocycles. The van der Waals surface area contributed by atoms with Crippen LogP contribution in [0.5, 0.6) is 5.75 Å². The smallest absolute Gasteiger partial charge is 0.343 e. The van der Waals surface area contributed by atoms with Gasteiger partial charge in [0, 0.05) is 6.08 Å². The maximum atomic E-state index is 10.8. The van der Waals surface area contributed by atoms with Crippen molar-refractivity contribution >= 4 is 18.0 Å². The van der Waals surface area contributed by atoms with Gasteiger partial charge in [0.25, 0.3) is 0 Å². The first-order valence-corrected chi connectivity index (χ1v) is 4.82. The van der Waals surface area contributed by atoms with Gasteiger partial charge in [-0.2, -0.15) is 0 Å². The zero-order valence-corrected chi connectivity index (χ0v) is 9.25. The van der Waals surface area contributed by atoms with Crippen LogP contribution in [0.15, 0.2) is 30.3 Å². The van der Waals surface area contributed by atoms with E-state index in [0.29, 0.717) is 5.75 Å². The molecule has 1 N–H and O–H groups in total. The van der Waals surface area contributed by atoms with Crippen LogP contribution in [0.2, 0.25) is 0 Å². The largest absolute Gasteiger partial charge is 0.482 e. The lowest BCUT2D eigenvalue weighted by atomic mass is 10.2. The molecule has 5 heteroatoms. The van der Waals surface area contributed by atoms with Crippen LogP contribution in [0.25, 0.3) is 6.08 Å². The van der Waals surface area contributed by atoms with E-state index in [9.17, 15) is 9.59 Å². The molecule has 1 rings (SSSR count). The zero-order valence-electron chi connectivity index (χ0n) is 9.25. The van der Waals surface area contributed by atoms with Crippen molar-refractivity contribution < 1.29 is 24.2 Å². The number of methoxy groups -OCH3 is 1. The molecule has 0 amide bonds. The quantitative estimate of drug-likeness (QED) is 0.616. The van der Waals surface area contributed by atoms with E-state index in [0.717, 1.165) is 11.6 Å². The van der Waals surface area contributed by atoms with Gasteiger partial charge < -0.3 is 14.6 Å². The summed E-state index contributed by atoms with van der Waals surface area (Å²) < 4.78 is 9.54. The average molecular weight is 236 g/mol. The minimum atomic E-state index is -1.00. The number of carboxylic acid groups (broad SMARTS) is 1. The molecule has 1 aromatic rings. The van der Waals surface area contributed by atoms with E-state index < -0.39 is 11.9 Å². The Morgan fingerprint density at radius 2 is 1.94 bits per heavy atom. The third-order valence-corrected chi connectivity index (χ3v) is 1.88. The number of ether oxygens (including phenoxy) is 2. The van der Waals surface area contributed by atoms with Gasteiger partial charge in [-0.3, -0.25) is 0 Å². The second-order valence-electron chi connectivity index (χ2n) is 3.11. The topological polar surface area (TPSA) is 72.8 Å². The summed E-state index contributed by atoms with van der Waals surface area (Å²) in [4.78, 5) is 21.1. The van der Waals surface area contributed by atoms with E-state index in [-0.39, 0.29) is 6.61 Å². The first kappa shape index (κ1) is 12.8. The average Bonchev–Trinajstić information content (AvgIpc) is 2.34. The molecular formula is C12H12O5. The fourth-order valence-electron chi connectivity index (χ4n) is 1.04. The van der Waals surface area contributed by atoms with Gasteiger partial charge in [-0.25, -0.2) is 9.59 Å². The molecule has 90 valence electrons. The molecule has 1 aromatic carbocycles. The number of benzene rings is 1. The molecule has 0 saturated heterocycles. The molecule has 0 radical (unpaired) electrons. The van der Waals surface area contributed by atoms with Gasteiger partial charge in [-0.15, -0.1) is 0 Å². The van der Waals surface area contributed by atoms with Crippen molar-refractivity contribution in [2.45, 2.75) is 0 Å². The predicted molar refractivity (Wildman–Crippen MR) is 60.6 cm³/mol. The zero-order chi connectivity index (χ0) is 12.7. The van der Waals surface area contributed by atoms with Crippen molar-refractivity contribution in [3.63, 3.8) is 0 Å². The third-order valence-electron chi connectivity index (χ3n) is 1.88. The van der Waals surface area contributed by atoms with E-state index >= 15 is 0 Å². The van der Waals surface area contributed by atoms with Crippen molar-refractivity contribution in [3.05, 3.63) is 35.9 Å². The Balaban J connectivity index is 2.56. The van der Waals surface area contributed by atoms with Crippen LogP contribution in [0.1, 0.15) is 5.56 Å². The van der Waals surface area contributed by atoms with Crippen molar-refractivity contribution in [2.24, 2.45) is 0 Å². The number of esters is 1. The molecule has 0 aliphatic heterocycles. The molecule has 0 unspecified atom stereocenters. The van der Waals surface area contributed by atoms with Crippen molar-refractivity contribution in [1.29, 1.82) is 0 Å².